The predicted octanol–water partition coefficient (Wildman–Crippen LogP) is 0.293. The summed E-state index contributed by atoms with van der Waals surface area (Å²) in [5.41, 5.74) is 5.82. The van der Waals surface area contributed by atoms with Crippen LogP contribution in [0.4, 0.5) is 0 Å². The van der Waals surface area contributed by atoms with Crippen molar-refractivity contribution in [3.05, 3.63) is 0 Å². The summed E-state index contributed by atoms with van der Waals surface area (Å²) in [6, 6.07) is 0.120. The molecule has 18 heavy (non-hydrogen) atoms. The fourth-order valence-electron chi connectivity index (χ4n) is 2.33. The molecule has 2 atom stereocenters. The molecular formula is C13H27N3O2. The van der Waals surface area contributed by atoms with Crippen molar-refractivity contribution in [2.45, 2.75) is 38.3 Å². The molecule has 106 valence electrons. The number of nitrogens with two attached hydrogens (primary N) is 1. The molecule has 2 unspecified atom stereocenters. The molecule has 0 aromatic heterocycles. The van der Waals surface area contributed by atoms with Crippen LogP contribution in [0.5, 0.6) is 0 Å². The first-order valence-corrected chi connectivity index (χ1v) is 6.84. The normalized spacial score (nSPS) is 21.3. The largest absolute Gasteiger partial charge is 0.377 e. The van der Waals surface area contributed by atoms with Crippen molar-refractivity contribution in [2.24, 2.45) is 5.73 Å². The molecule has 0 aromatic rings. The van der Waals surface area contributed by atoms with Crippen LogP contribution in [0.1, 0.15) is 26.2 Å². The van der Waals surface area contributed by atoms with E-state index in [0.717, 1.165) is 32.5 Å². The number of ether oxygens (including phenoxy) is 1. The maximum Gasteiger partial charge on any atom is 0.223 e. The zero-order valence-electron chi connectivity index (χ0n) is 11.9. The first-order chi connectivity index (χ1) is 8.58. The monoisotopic (exact) mass is 257 g/mol. The number of amides is 1. The van der Waals surface area contributed by atoms with Gasteiger partial charge in [-0.15, -0.1) is 0 Å². The lowest BCUT2D eigenvalue weighted by atomic mass is 10.1. The Bertz CT molecular complexity index is 253. The van der Waals surface area contributed by atoms with Gasteiger partial charge in [0.25, 0.3) is 0 Å². The Hall–Kier alpha value is -0.650. The van der Waals surface area contributed by atoms with Crippen molar-refractivity contribution >= 4 is 5.91 Å². The Morgan fingerprint density at radius 1 is 1.50 bits per heavy atom. The summed E-state index contributed by atoms with van der Waals surface area (Å²) in [5.74, 6) is 0.135. The van der Waals surface area contributed by atoms with Gasteiger partial charge in [-0.2, -0.15) is 0 Å². The molecule has 0 bridgehead atoms. The molecule has 1 aliphatic rings. The van der Waals surface area contributed by atoms with Crippen LogP contribution in [0, 0.1) is 0 Å². The molecule has 1 fully saturated rings. The lowest BCUT2D eigenvalue weighted by Gasteiger charge is -2.31. The van der Waals surface area contributed by atoms with Gasteiger partial charge in [0.05, 0.1) is 6.10 Å². The first kappa shape index (κ1) is 15.4. The van der Waals surface area contributed by atoms with Crippen LogP contribution in [0.3, 0.4) is 0 Å². The summed E-state index contributed by atoms with van der Waals surface area (Å²) < 4.78 is 5.65. The highest BCUT2D eigenvalue weighted by Gasteiger charge is 2.24. The molecule has 1 amide bonds. The molecule has 2 N–H and O–H groups in total. The third-order valence-corrected chi connectivity index (χ3v) is 3.57. The van der Waals surface area contributed by atoms with Gasteiger partial charge in [-0.3, -0.25) is 9.69 Å². The molecule has 0 spiro atoms. The molecule has 1 aliphatic heterocycles. The molecule has 0 radical (unpaired) electrons. The number of carbonyl (C=O) groups is 1. The van der Waals surface area contributed by atoms with Crippen molar-refractivity contribution in [1.82, 2.24) is 9.80 Å². The van der Waals surface area contributed by atoms with E-state index in [2.05, 4.69) is 11.8 Å². The van der Waals surface area contributed by atoms with E-state index in [4.69, 9.17) is 10.5 Å². The Balaban J connectivity index is 2.50. The van der Waals surface area contributed by atoms with Gasteiger partial charge in [0.15, 0.2) is 0 Å². The minimum Gasteiger partial charge on any atom is -0.377 e. The van der Waals surface area contributed by atoms with Crippen LogP contribution in [0.2, 0.25) is 0 Å². The van der Waals surface area contributed by atoms with E-state index in [0.29, 0.717) is 19.1 Å². The summed E-state index contributed by atoms with van der Waals surface area (Å²) in [5, 5.41) is 0. The highest BCUT2D eigenvalue weighted by Crippen LogP contribution is 2.15. The van der Waals surface area contributed by atoms with Crippen LogP contribution in [-0.4, -0.2) is 68.2 Å². The van der Waals surface area contributed by atoms with Crippen LogP contribution in [0.25, 0.3) is 0 Å². The van der Waals surface area contributed by atoms with Crippen molar-refractivity contribution in [2.75, 3.05) is 40.3 Å². The topological polar surface area (TPSA) is 58.8 Å². The standard InChI is InChI=1S/C13H27N3O2/c1-4-16(10-12-6-5-7-18-12)11(9-14)8-13(17)15(2)3/h11-12H,4-10,14H2,1-3H3. The lowest BCUT2D eigenvalue weighted by Crippen LogP contribution is -2.46. The number of rotatable bonds is 7. The van der Waals surface area contributed by atoms with E-state index >= 15 is 0 Å². The molecule has 1 heterocycles. The minimum absolute atomic E-state index is 0.120. The second-order valence-electron chi connectivity index (χ2n) is 5.10. The molecule has 0 aromatic carbocycles. The van der Waals surface area contributed by atoms with E-state index in [1.54, 1.807) is 19.0 Å². The summed E-state index contributed by atoms with van der Waals surface area (Å²) in [4.78, 5) is 15.7. The molecule has 5 nitrogen and oxygen atoms in total. The van der Waals surface area contributed by atoms with E-state index in [9.17, 15) is 4.79 Å². The summed E-state index contributed by atoms with van der Waals surface area (Å²) in [7, 11) is 3.57. The molecule has 5 heteroatoms. The Morgan fingerprint density at radius 2 is 2.22 bits per heavy atom. The van der Waals surface area contributed by atoms with Gasteiger partial charge in [-0.05, 0) is 19.4 Å². The maximum absolute atomic E-state index is 11.8. The Kier molecular flexibility index (Phi) is 6.60. The summed E-state index contributed by atoms with van der Waals surface area (Å²) in [6.45, 7) is 5.28. The van der Waals surface area contributed by atoms with E-state index in [1.165, 1.54) is 0 Å². The fourth-order valence-corrected chi connectivity index (χ4v) is 2.33. The van der Waals surface area contributed by atoms with Crippen molar-refractivity contribution in [1.29, 1.82) is 0 Å². The molecular weight excluding hydrogens is 230 g/mol. The average Bonchev–Trinajstić information content (AvgIpc) is 2.85. The summed E-state index contributed by atoms with van der Waals surface area (Å²) in [6.07, 6.45) is 3.07. The molecule has 1 saturated heterocycles. The van der Waals surface area contributed by atoms with Crippen LogP contribution >= 0.6 is 0 Å². The predicted molar refractivity (Wildman–Crippen MR) is 72.4 cm³/mol. The average molecular weight is 257 g/mol. The SMILES string of the molecule is CCN(CC1CCCO1)C(CN)CC(=O)N(C)C. The lowest BCUT2D eigenvalue weighted by molar-refractivity contribution is -0.130. The highest BCUT2D eigenvalue weighted by atomic mass is 16.5. The van der Waals surface area contributed by atoms with Crippen LogP contribution in [-0.2, 0) is 9.53 Å². The van der Waals surface area contributed by atoms with E-state index in [1.807, 2.05) is 0 Å². The molecule has 1 rings (SSSR count). The van der Waals surface area contributed by atoms with Gasteiger partial charge in [-0.25, -0.2) is 0 Å². The molecule has 0 aliphatic carbocycles. The Morgan fingerprint density at radius 3 is 2.67 bits per heavy atom. The van der Waals surface area contributed by atoms with Gasteiger partial charge in [0.1, 0.15) is 0 Å². The third kappa shape index (κ3) is 4.55. The smallest absolute Gasteiger partial charge is 0.223 e. The van der Waals surface area contributed by atoms with Crippen molar-refractivity contribution < 1.29 is 9.53 Å². The maximum atomic E-state index is 11.8. The zero-order chi connectivity index (χ0) is 13.5. The second-order valence-corrected chi connectivity index (χ2v) is 5.10. The quantitative estimate of drug-likeness (QED) is 0.712. The van der Waals surface area contributed by atoms with Crippen molar-refractivity contribution in [3.63, 3.8) is 0 Å². The third-order valence-electron chi connectivity index (χ3n) is 3.57. The number of nitrogens with zero attached hydrogens (tertiary/aromatic N) is 2. The van der Waals surface area contributed by atoms with Crippen LogP contribution < -0.4 is 5.73 Å². The summed E-state index contributed by atoms with van der Waals surface area (Å²) >= 11 is 0. The van der Waals surface area contributed by atoms with Crippen LogP contribution in [0.15, 0.2) is 0 Å². The first-order valence-electron chi connectivity index (χ1n) is 6.84. The second kappa shape index (κ2) is 7.71. The highest BCUT2D eigenvalue weighted by molar-refractivity contribution is 5.76. The van der Waals surface area contributed by atoms with Gasteiger partial charge < -0.3 is 15.4 Å². The molecule has 0 saturated carbocycles. The van der Waals surface area contributed by atoms with Gasteiger partial charge in [-0.1, -0.05) is 6.92 Å². The van der Waals surface area contributed by atoms with Gasteiger partial charge in [0.2, 0.25) is 5.91 Å². The van der Waals surface area contributed by atoms with Gasteiger partial charge in [0, 0.05) is 46.3 Å². The van der Waals surface area contributed by atoms with E-state index in [-0.39, 0.29) is 11.9 Å². The van der Waals surface area contributed by atoms with Crippen molar-refractivity contribution in [3.8, 4) is 0 Å². The zero-order valence-corrected chi connectivity index (χ0v) is 11.9. The number of hydrogen-bond acceptors (Lipinski definition) is 4. The number of carbonyl (C=O) groups excluding carboxylic acids is 1. The number of likely N-dealkylation sites (N-methyl/N-ethyl adjacent to an activating group) is 1. The van der Waals surface area contributed by atoms with E-state index < -0.39 is 0 Å². The number of hydrogen-bond donors (Lipinski definition) is 1. The Labute approximate surface area is 110 Å². The fraction of sp³-hybridized carbons (Fsp3) is 0.923. The van der Waals surface area contributed by atoms with Gasteiger partial charge >= 0.3 is 0 Å². The minimum atomic E-state index is 0.120.